The van der Waals surface area contributed by atoms with Crippen LogP contribution in [0.15, 0.2) is 59.8 Å². The first-order valence-corrected chi connectivity index (χ1v) is 15.7. The molecule has 0 radical (unpaired) electrons. The van der Waals surface area contributed by atoms with Crippen LogP contribution in [0.5, 0.6) is 0 Å². The molecule has 3 rings (SSSR count). The highest BCUT2D eigenvalue weighted by Crippen LogP contribution is 2.32. The fraction of sp³-hybridized carbons (Fsp3) is 0.261. The van der Waals surface area contributed by atoms with Crippen molar-refractivity contribution in [2.75, 3.05) is 18.3 Å². The van der Waals surface area contributed by atoms with Crippen molar-refractivity contribution in [1.82, 2.24) is 9.97 Å². The van der Waals surface area contributed by atoms with Crippen molar-refractivity contribution < 1.29 is 27.4 Å². The van der Waals surface area contributed by atoms with Crippen LogP contribution in [-0.2, 0) is 19.4 Å². The molecule has 0 aliphatic carbocycles. The molecule has 0 saturated heterocycles. The number of nitrogen functional groups attached to an aromatic ring is 1. The molecular weight excluding hydrogens is 477 g/mol. The van der Waals surface area contributed by atoms with Gasteiger partial charge in [-0.3, -0.25) is 4.79 Å². The molecule has 0 unspecified atom stereocenters. The molecule has 34 heavy (non-hydrogen) atoms. The minimum absolute atomic E-state index is 0.104. The highest BCUT2D eigenvalue weighted by Gasteiger charge is 2.21. The van der Waals surface area contributed by atoms with E-state index in [1.807, 2.05) is 0 Å². The van der Waals surface area contributed by atoms with Gasteiger partial charge in [-0.2, -0.15) is 0 Å². The third kappa shape index (κ3) is 7.71. The number of rotatable bonds is 8. The third-order valence-electron chi connectivity index (χ3n) is 4.72. The molecule has 11 heteroatoms. The van der Waals surface area contributed by atoms with Gasteiger partial charge in [-0.25, -0.2) is 22.8 Å². The van der Waals surface area contributed by atoms with Crippen LogP contribution in [0.25, 0.3) is 22.3 Å². The van der Waals surface area contributed by atoms with Crippen molar-refractivity contribution in [2.45, 2.75) is 30.6 Å². The van der Waals surface area contributed by atoms with Gasteiger partial charge in [0.1, 0.15) is 5.82 Å². The van der Waals surface area contributed by atoms with E-state index in [1.165, 1.54) is 24.5 Å². The zero-order valence-corrected chi connectivity index (χ0v) is 21.0. The molecule has 1 aromatic heterocycles. The number of carbonyl (C=O) groups is 1. The summed E-state index contributed by atoms with van der Waals surface area (Å²) in [5, 5.41) is 6.89. The Balaban J connectivity index is 0.00000129. The number of benzene rings is 2. The highest BCUT2D eigenvalue weighted by atomic mass is 32.2. The van der Waals surface area contributed by atoms with Crippen molar-refractivity contribution in [3.63, 3.8) is 0 Å². The highest BCUT2D eigenvalue weighted by molar-refractivity contribution is 7.91. The molecule has 1 heterocycles. The van der Waals surface area contributed by atoms with Crippen molar-refractivity contribution in [3.8, 4) is 22.3 Å². The van der Waals surface area contributed by atoms with E-state index in [-0.39, 0.29) is 17.3 Å². The monoisotopic (exact) mass is 505 g/mol. The summed E-state index contributed by atoms with van der Waals surface area (Å²) < 4.78 is 46.2. The van der Waals surface area contributed by atoms with Gasteiger partial charge in [0.05, 0.1) is 4.90 Å². The van der Waals surface area contributed by atoms with Crippen molar-refractivity contribution in [2.24, 2.45) is 0 Å². The van der Waals surface area contributed by atoms with Gasteiger partial charge in [0, 0.05) is 43.8 Å². The molecule has 8 nitrogen and oxygen atoms in total. The van der Waals surface area contributed by atoms with E-state index >= 15 is 0 Å². The lowest BCUT2D eigenvalue weighted by molar-refractivity contribution is -0.122. The molecule has 0 atom stereocenters. The van der Waals surface area contributed by atoms with Gasteiger partial charge in [0.2, 0.25) is 15.8 Å². The van der Waals surface area contributed by atoms with E-state index in [1.54, 1.807) is 30.3 Å². The second-order valence-corrected chi connectivity index (χ2v) is 16.1. The van der Waals surface area contributed by atoms with Gasteiger partial charge in [0.15, 0.2) is 5.94 Å². The maximum atomic E-state index is 14.9. The Morgan fingerprint density at radius 2 is 1.68 bits per heavy atom. The molecule has 0 bridgehead atoms. The molecule has 0 fully saturated rings. The lowest BCUT2D eigenvalue weighted by Crippen LogP contribution is -2.22. The Morgan fingerprint density at radius 3 is 2.26 bits per heavy atom. The Hall–Kier alpha value is -3.15. The van der Waals surface area contributed by atoms with Crippen LogP contribution >= 0.6 is 0 Å². The summed E-state index contributed by atoms with van der Waals surface area (Å²) in [6, 6.07) is 12.0. The topological polar surface area (TPSA) is 132 Å². The molecule has 0 aliphatic heterocycles. The largest absolute Gasteiger partial charge is 0.483 e. The molecular formula is C23H28FN3O5SSi. The number of hydrogen-bond donors (Lipinski definition) is 2. The molecule has 0 aliphatic rings. The number of carboxylic acid groups (broad SMARTS) is 1. The second kappa shape index (κ2) is 11.8. The summed E-state index contributed by atoms with van der Waals surface area (Å²) in [4.78, 5) is 16.2. The van der Waals surface area contributed by atoms with Gasteiger partial charge < -0.3 is 15.6 Å². The fourth-order valence-corrected chi connectivity index (χ4v) is 5.01. The second-order valence-electron chi connectivity index (χ2n) is 8.58. The van der Waals surface area contributed by atoms with Gasteiger partial charge in [-0.15, -0.1) is 0 Å². The van der Waals surface area contributed by atoms with Gasteiger partial charge >= 0.3 is 0 Å². The summed E-state index contributed by atoms with van der Waals surface area (Å²) in [5.74, 6) is -0.811. The fourth-order valence-electron chi connectivity index (χ4n) is 2.98. The molecule has 2 aromatic carbocycles. The quantitative estimate of drug-likeness (QED) is 0.263. The zero-order valence-electron chi connectivity index (χ0n) is 19.2. The normalized spacial score (nSPS) is 11.4. The first-order valence-electron chi connectivity index (χ1n) is 10.3. The molecule has 0 amide bonds. The number of ether oxygens (including phenoxy) is 1. The van der Waals surface area contributed by atoms with Crippen LogP contribution in [-0.4, -0.2) is 50.6 Å². The van der Waals surface area contributed by atoms with Gasteiger partial charge in [-0.1, -0.05) is 50.0 Å². The summed E-state index contributed by atoms with van der Waals surface area (Å²) in [6.07, 6.45) is 2.88. The SMILES string of the molecule is C[Si](C)(C)CCOCS(=O)(=O)c1ccccc1-c1ccc(-c2cnc(N)nc2)c(F)c1.O=CO. The Bertz CT molecular complexity index is 1220. The molecule has 3 N–H and O–H groups in total. The van der Waals surface area contributed by atoms with E-state index in [0.29, 0.717) is 28.9 Å². The summed E-state index contributed by atoms with van der Waals surface area (Å²) in [6.45, 7) is 6.77. The Kier molecular flexibility index (Phi) is 9.42. The van der Waals surface area contributed by atoms with Crippen LogP contribution in [0.2, 0.25) is 25.7 Å². The summed E-state index contributed by atoms with van der Waals surface area (Å²) in [5.41, 5.74) is 7.15. The van der Waals surface area contributed by atoms with E-state index < -0.39 is 29.7 Å². The van der Waals surface area contributed by atoms with Crippen LogP contribution in [0.4, 0.5) is 10.3 Å². The van der Waals surface area contributed by atoms with E-state index in [2.05, 4.69) is 29.6 Å². The number of hydrogen-bond acceptors (Lipinski definition) is 7. The average molecular weight is 506 g/mol. The lowest BCUT2D eigenvalue weighted by Gasteiger charge is -2.16. The molecule has 0 spiro atoms. The van der Waals surface area contributed by atoms with Crippen LogP contribution in [0.3, 0.4) is 0 Å². The predicted molar refractivity (Wildman–Crippen MR) is 132 cm³/mol. The Labute approximate surface area is 199 Å². The number of aromatic nitrogens is 2. The lowest BCUT2D eigenvalue weighted by atomic mass is 10.0. The summed E-state index contributed by atoms with van der Waals surface area (Å²) >= 11 is 0. The minimum Gasteiger partial charge on any atom is -0.483 e. The summed E-state index contributed by atoms with van der Waals surface area (Å²) in [7, 11) is -5.02. The third-order valence-corrected chi connectivity index (χ3v) is 7.93. The number of nitrogens with zero attached hydrogens (tertiary/aromatic N) is 2. The molecule has 182 valence electrons. The average Bonchev–Trinajstić information content (AvgIpc) is 2.77. The van der Waals surface area contributed by atoms with E-state index in [0.717, 1.165) is 6.04 Å². The number of anilines is 1. The van der Waals surface area contributed by atoms with Crippen LogP contribution < -0.4 is 5.73 Å². The number of halogens is 1. The van der Waals surface area contributed by atoms with Crippen molar-refractivity contribution >= 4 is 30.3 Å². The minimum atomic E-state index is -3.70. The first-order chi connectivity index (χ1) is 16.0. The number of sulfone groups is 1. The van der Waals surface area contributed by atoms with Gasteiger partial charge in [0.25, 0.3) is 6.47 Å². The predicted octanol–water partition coefficient (Wildman–Crippen LogP) is 4.32. The van der Waals surface area contributed by atoms with E-state index in [9.17, 15) is 12.8 Å². The van der Waals surface area contributed by atoms with E-state index in [4.69, 9.17) is 20.4 Å². The van der Waals surface area contributed by atoms with Crippen LogP contribution in [0.1, 0.15) is 0 Å². The number of nitrogens with two attached hydrogens (primary N) is 1. The van der Waals surface area contributed by atoms with Crippen LogP contribution in [0, 0.1) is 5.82 Å². The zero-order chi connectivity index (χ0) is 25.4. The molecule has 3 aromatic rings. The molecule has 0 saturated carbocycles. The maximum Gasteiger partial charge on any atom is 0.290 e. The maximum absolute atomic E-state index is 14.9. The standard InChI is InChI=1S/C22H26FN3O3SSi.CH2O2/c1-31(2,3)11-10-29-15-30(27,28)21-7-5-4-6-19(21)16-8-9-18(20(23)12-16)17-13-25-22(24)26-14-17;2-1-3/h4-9,12-14H,10-11,15H2,1-3H3,(H2,24,25,26);1H,(H,2,3). The van der Waals surface area contributed by atoms with Crippen molar-refractivity contribution in [3.05, 3.63) is 60.7 Å². The first kappa shape index (κ1) is 27.1. The van der Waals surface area contributed by atoms with Gasteiger partial charge in [-0.05, 0) is 23.7 Å². The van der Waals surface area contributed by atoms with Crippen molar-refractivity contribution in [1.29, 1.82) is 0 Å². The Morgan fingerprint density at radius 1 is 1.06 bits per heavy atom. The smallest absolute Gasteiger partial charge is 0.290 e.